The molecule has 0 bridgehead atoms. The van der Waals surface area contributed by atoms with E-state index in [0.29, 0.717) is 23.9 Å². The van der Waals surface area contributed by atoms with Gasteiger partial charge in [-0.25, -0.2) is 9.97 Å². The molecule has 2 aromatic carbocycles. The molecular weight excluding hydrogens is 336 g/mol. The fourth-order valence-corrected chi connectivity index (χ4v) is 2.95. The molecule has 6 nitrogen and oxygen atoms in total. The minimum Gasteiger partial charge on any atom is -0.399 e. The summed E-state index contributed by atoms with van der Waals surface area (Å²) in [6.45, 7) is 2.77. The highest BCUT2D eigenvalue weighted by molar-refractivity contribution is 5.63. The van der Waals surface area contributed by atoms with Crippen molar-refractivity contribution in [2.24, 2.45) is 0 Å². The predicted molar refractivity (Wildman–Crippen MR) is 108 cm³/mol. The molecule has 0 aliphatic rings. The molecule has 6 heteroatoms. The monoisotopic (exact) mass is 356 g/mol. The second-order valence-electron chi connectivity index (χ2n) is 6.35. The SMILES string of the molecule is Cc1cccc(CNc2cncc(-n3ccnc3-c3cccc(N)c3)n2)c1. The summed E-state index contributed by atoms with van der Waals surface area (Å²) in [4.78, 5) is 13.5. The first-order valence-corrected chi connectivity index (χ1v) is 8.70. The van der Waals surface area contributed by atoms with Crippen LogP contribution in [0.4, 0.5) is 11.5 Å². The van der Waals surface area contributed by atoms with Gasteiger partial charge in [-0.3, -0.25) is 9.55 Å². The number of aryl methyl sites for hydroxylation is 1. The molecule has 0 fully saturated rings. The maximum absolute atomic E-state index is 5.91. The van der Waals surface area contributed by atoms with Gasteiger partial charge >= 0.3 is 0 Å². The third kappa shape index (κ3) is 3.79. The number of anilines is 2. The fourth-order valence-electron chi connectivity index (χ4n) is 2.95. The van der Waals surface area contributed by atoms with E-state index in [9.17, 15) is 0 Å². The topological polar surface area (TPSA) is 81.7 Å². The number of imidazole rings is 1. The average Bonchev–Trinajstić information content (AvgIpc) is 3.17. The van der Waals surface area contributed by atoms with E-state index in [4.69, 9.17) is 5.73 Å². The van der Waals surface area contributed by atoms with Gasteiger partial charge in [0.15, 0.2) is 5.82 Å². The van der Waals surface area contributed by atoms with Crippen LogP contribution in [-0.2, 0) is 6.54 Å². The Morgan fingerprint density at radius 2 is 1.96 bits per heavy atom. The van der Waals surface area contributed by atoms with Gasteiger partial charge in [0.25, 0.3) is 0 Å². The molecule has 0 aliphatic heterocycles. The number of benzene rings is 2. The lowest BCUT2D eigenvalue weighted by molar-refractivity contribution is 0.969. The van der Waals surface area contributed by atoms with Gasteiger partial charge < -0.3 is 11.1 Å². The standard InChI is InChI=1S/C21H20N6/c1-15-4-2-5-16(10-15)12-25-19-13-23-14-20(26-19)27-9-8-24-21(27)17-6-3-7-18(22)11-17/h2-11,13-14H,12,22H2,1H3,(H,25,26). The van der Waals surface area contributed by atoms with Crippen molar-refractivity contribution in [3.8, 4) is 17.2 Å². The predicted octanol–water partition coefficient (Wildman–Crippen LogP) is 3.83. The Kier molecular flexibility index (Phi) is 4.53. The minimum atomic E-state index is 0.686. The van der Waals surface area contributed by atoms with Crippen molar-refractivity contribution in [1.82, 2.24) is 19.5 Å². The number of nitrogen functional groups attached to an aromatic ring is 1. The molecular formula is C21H20N6. The van der Waals surface area contributed by atoms with E-state index in [1.807, 2.05) is 35.0 Å². The maximum Gasteiger partial charge on any atom is 0.159 e. The lowest BCUT2D eigenvalue weighted by atomic mass is 10.1. The molecule has 0 radical (unpaired) electrons. The van der Waals surface area contributed by atoms with Crippen LogP contribution in [0.3, 0.4) is 0 Å². The van der Waals surface area contributed by atoms with Crippen LogP contribution in [-0.4, -0.2) is 19.5 Å². The molecule has 27 heavy (non-hydrogen) atoms. The van der Waals surface area contributed by atoms with Gasteiger partial charge in [-0.05, 0) is 24.6 Å². The van der Waals surface area contributed by atoms with E-state index in [-0.39, 0.29) is 0 Å². The number of aromatic nitrogens is 4. The Morgan fingerprint density at radius 3 is 2.81 bits per heavy atom. The maximum atomic E-state index is 5.91. The van der Waals surface area contributed by atoms with E-state index < -0.39 is 0 Å². The van der Waals surface area contributed by atoms with Crippen LogP contribution in [0.1, 0.15) is 11.1 Å². The van der Waals surface area contributed by atoms with Gasteiger partial charge in [-0.1, -0.05) is 42.0 Å². The quantitative estimate of drug-likeness (QED) is 0.531. The third-order valence-corrected chi connectivity index (χ3v) is 4.21. The summed E-state index contributed by atoms with van der Waals surface area (Å²) in [6.07, 6.45) is 7.05. The van der Waals surface area contributed by atoms with Crippen LogP contribution in [0.2, 0.25) is 0 Å². The van der Waals surface area contributed by atoms with Crippen LogP contribution < -0.4 is 11.1 Å². The van der Waals surface area contributed by atoms with Crippen molar-refractivity contribution in [2.45, 2.75) is 13.5 Å². The summed E-state index contributed by atoms with van der Waals surface area (Å²) in [6, 6.07) is 16.0. The first-order chi connectivity index (χ1) is 13.2. The summed E-state index contributed by atoms with van der Waals surface area (Å²) in [5.41, 5.74) is 9.97. The fraction of sp³-hybridized carbons (Fsp3) is 0.0952. The Balaban J connectivity index is 1.59. The largest absolute Gasteiger partial charge is 0.399 e. The molecule has 0 atom stereocenters. The van der Waals surface area contributed by atoms with E-state index in [0.717, 1.165) is 11.4 Å². The van der Waals surface area contributed by atoms with Gasteiger partial charge in [0, 0.05) is 30.2 Å². The Labute approximate surface area is 157 Å². The molecule has 134 valence electrons. The van der Waals surface area contributed by atoms with E-state index >= 15 is 0 Å². The highest BCUT2D eigenvalue weighted by atomic mass is 15.2. The van der Waals surface area contributed by atoms with Crippen molar-refractivity contribution >= 4 is 11.5 Å². The highest BCUT2D eigenvalue weighted by Gasteiger charge is 2.10. The van der Waals surface area contributed by atoms with Crippen molar-refractivity contribution in [2.75, 3.05) is 11.1 Å². The van der Waals surface area contributed by atoms with Gasteiger partial charge in [-0.15, -0.1) is 0 Å². The number of hydrogen-bond acceptors (Lipinski definition) is 5. The molecule has 0 spiro atoms. The molecule has 2 aromatic heterocycles. The van der Waals surface area contributed by atoms with Crippen molar-refractivity contribution in [1.29, 1.82) is 0 Å². The number of rotatable bonds is 5. The van der Waals surface area contributed by atoms with Crippen LogP contribution in [0.25, 0.3) is 17.2 Å². The molecule has 0 aliphatic carbocycles. The molecule has 4 rings (SSSR count). The zero-order valence-electron chi connectivity index (χ0n) is 15.0. The Hall–Kier alpha value is -3.67. The molecule has 2 heterocycles. The number of hydrogen-bond donors (Lipinski definition) is 2. The second-order valence-corrected chi connectivity index (χ2v) is 6.35. The molecule has 3 N–H and O–H groups in total. The molecule has 0 saturated carbocycles. The van der Waals surface area contributed by atoms with Crippen molar-refractivity contribution in [3.63, 3.8) is 0 Å². The van der Waals surface area contributed by atoms with Gasteiger partial charge in [0.1, 0.15) is 11.6 Å². The lowest BCUT2D eigenvalue weighted by Gasteiger charge is -2.10. The number of nitrogens with zero attached hydrogens (tertiary/aromatic N) is 4. The van der Waals surface area contributed by atoms with Crippen LogP contribution in [0.15, 0.2) is 73.3 Å². The number of nitrogens with one attached hydrogen (secondary N) is 1. The smallest absolute Gasteiger partial charge is 0.159 e. The molecule has 4 aromatic rings. The van der Waals surface area contributed by atoms with E-state index in [1.165, 1.54) is 11.1 Å². The van der Waals surface area contributed by atoms with Gasteiger partial charge in [-0.2, -0.15) is 0 Å². The first kappa shape index (κ1) is 16.8. The highest BCUT2D eigenvalue weighted by Crippen LogP contribution is 2.22. The van der Waals surface area contributed by atoms with Crippen LogP contribution in [0.5, 0.6) is 0 Å². The minimum absolute atomic E-state index is 0.686. The lowest BCUT2D eigenvalue weighted by Crippen LogP contribution is -2.06. The average molecular weight is 356 g/mol. The van der Waals surface area contributed by atoms with Crippen LogP contribution in [0, 0.1) is 6.92 Å². The Morgan fingerprint density at radius 1 is 1.07 bits per heavy atom. The van der Waals surface area contributed by atoms with Crippen molar-refractivity contribution in [3.05, 3.63) is 84.4 Å². The zero-order valence-corrected chi connectivity index (χ0v) is 15.0. The third-order valence-electron chi connectivity index (χ3n) is 4.21. The van der Waals surface area contributed by atoms with Gasteiger partial charge in [0.05, 0.1) is 12.4 Å². The van der Waals surface area contributed by atoms with Crippen molar-refractivity contribution < 1.29 is 0 Å². The van der Waals surface area contributed by atoms with Gasteiger partial charge in [0.2, 0.25) is 0 Å². The summed E-state index contributed by atoms with van der Waals surface area (Å²) in [5, 5.41) is 3.33. The Bertz CT molecular complexity index is 1070. The normalized spacial score (nSPS) is 10.7. The summed E-state index contributed by atoms with van der Waals surface area (Å²) < 4.78 is 1.90. The summed E-state index contributed by atoms with van der Waals surface area (Å²) >= 11 is 0. The molecule has 0 saturated heterocycles. The number of nitrogens with two attached hydrogens (primary N) is 1. The first-order valence-electron chi connectivity index (χ1n) is 8.70. The molecule has 0 unspecified atom stereocenters. The van der Waals surface area contributed by atoms with Crippen LogP contribution >= 0.6 is 0 Å². The summed E-state index contributed by atoms with van der Waals surface area (Å²) in [5.74, 6) is 2.17. The van der Waals surface area contributed by atoms with E-state index in [1.54, 1.807) is 18.6 Å². The second kappa shape index (κ2) is 7.29. The van der Waals surface area contributed by atoms with E-state index in [2.05, 4.69) is 51.5 Å². The zero-order chi connectivity index (χ0) is 18.6. The summed E-state index contributed by atoms with van der Waals surface area (Å²) in [7, 11) is 0. The molecule has 0 amide bonds.